The normalized spacial score (nSPS) is 28.7. The highest BCUT2D eigenvalue weighted by atomic mass is 16.5. The molecule has 1 spiro atoms. The standard InChI is InChI=1S/C13H23NO/c1-2-3-10-14-11-12-6-9-13(15-12)7-4-5-8-13/h2,12,14H,1,3-11H2. The third kappa shape index (κ3) is 2.82. The molecule has 1 N–H and O–H groups in total. The molecule has 2 fully saturated rings. The molecule has 86 valence electrons. The van der Waals surface area contributed by atoms with Crippen LogP contribution in [0.2, 0.25) is 0 Å². The third-order valence-electron chi connectivity index (χ3n) is 3.75. The van der Waals surface area contributed by atoms with E-state index < -0.39 is 0 Å². The molecule has 1 aliphatic heterocycles. The highest BCUT2D eigenvalue weighted by Gasteiger charge is 2.41. The van der Waals surface area contributed by atoms with Crippen molar-refractivity contribution in [2.45, 2.75) is 56.7 Å². The molecule has 1 heterocycles. The van der Waals surface area contributed by atoms with Gasteiger partial charge in [0.1, 0.15) is 0 Å². The summed E-state index contributed by atoms with van der Waals surface area (Å²) in [5.74, 6) is 0. The van der Waals surface area contributed by atoms with Crippen LogP contribution in [0.3, 0.4) is 0 Å². The number of hydrogen-bond donors (Lipinski definition) is 1. The molecule has 0 radical (unpaired) electrons. The zero-order valence-electron chi connectivity index (χ0n) is 9.63. The lowest BCUT2D eigenvalue weighted by atomic mass is 9.98. The quantitative estimate of drug-likeness (QED) is 0.555. The first-order valence-corrected chi connectivity index (χ1v) is 6.34. The molecular weight excluding hydrogens is 186 g/mol. The molecule has 1 saturated carbocycles. The van der Waals surface area contributed by atoms with Crippen LogP contribution in [-0.4, -0.2) is 24.8 Å². The molecular formula is C13H23NO. The Morgan fingerprint density at radius 1 is 1.33 bits per heavy atom. The van der Waals surface area contributed by atoms with Crippen LogP contribution in [0, 0.1) is 0 Å². The predicted octanol–water partition coefficient (Wildman–Crippen LogP) is 2.64. The van der Waals surface area contributed by atoms with Crippen LogP contribution in [0.1, 0.15) is 44.9 Å². The second kappa shape index (κ2) is 5.13. The van der Waals surface area contributed by atoms with Gasteiger partial charge < -0.3 is 10.1 Å². The van der Waals surface area contributed by atoms with E-state index in [0.717, 1.165) is 19.5 Å². The second-order valence-electron chi connectivity index (χ2n) is 4.95. The highest BCUT2D eigenvalue weighted by molar-refractivity contribution is 4.93. The third-order valence-corrected chi connectivity index (χ3v) is 3.75. The molecule has 1 atom stereocenters. The second-order valence-corrected chi connectivity index (χ2v) is 4.95. The Labute approximate surface area is 93.1 Å². The maximum Gasteiger partial charge on any atom is 0.0708 e. The van der Waals surface area contributed by atoms with Gasteiger partial charge in [-0.1, -0.05) is 18.9 Å². The highest BCUT2D eigenvalue weighted by Crippen LogP contribution is 2.42. The molecule has 1 saturated heterocycles. The molecule has 2 rings (SSSR count). The minimum absolute atomic E-state index is 0.296. The van der Waals surface area contributed by atoms with Crippen molar-refractivity contribution >= 4 is 0 Å². The summed E-state index contributed by atoms with van der Waals surface area (Å²) in [6.45, 7) is 5.78. The van der Waals surface area contributed by atoms with Gasteiger partial charge in [0.05, 0.1) is 11.7 Å². The van der Waals surface area contributed by atoms with E-state index in [4.69, 9.17) is 4.74 Å². The molecule has 0 amide bonds. The SMILES string of the molecule is C=CCCNCC1CCC2(CCCC2)O1. The molecule has 0 bridgehead atoms. The summed E-state index contributed by atoms with van der Waals surface area (Å²) in [7, 11) is 0. The van der Waals surface area contributed by atoms with E-state index in [-0.39, 0.29) is 0 Å². The van der Waals surface area contributed by atoms with Crippen molar-refractivity contribution in [1.29, 1.82) is 0 Å². The number of nitrogens with one attached hydrogen (secondary N) is 1. The van der Waals surface area contributed by atoms with Crippen LogP contribution >= 0.6 is 0 Å². The van der Waals surface area contributed by atoms with Crippen molar-refractivity contribution in [3.63, 3.8) is 0 Å². The average molecular weight is 209 g/mol. The summed E-state index contributed by atoms with van der Waals surface area (Å²) >= 11 is 0. The van der Waals surface area contributed by atoms with Gasteiger partial charge in [0, 0.05) is 6.54 Å². The van der Waals surface area contributed by atoms with Crippen LogP contribution < -0.4 is 5.32 Å². The Morgan fingerprint density at radius 2 is 2.13 bits per heavy atom. The van der Waals surface area contributed by atoms with Gasteiger partial charge in [-0.2, -0.15) is 0 Å². The number of hydrogen-bond acceptors (Lipinski definition) is 2. The molecule has 2 heteroatoms. The number of ether oxygens (including phenoxy) is 1. The lowest BCUT2D eigenvalue weighted by Crippen LogP contribution is -2.31. The Kier molecular flexibility index (Phi) is 3.81. The van der Waals surface area contributed by atoms with E-state index in [0.29, 0.717) is 11.7 Å². The van der Waals surface area contributed by atoms with Crippen LogP contribution in [0.5, 0.6) is 0 Å². The Hall–Kier alpha value is -0.340. The van der Waals surface area contributed by atoms with Gasteiger partial charge in [-0.3, -0.25) is 0 Å². The molecule has 2 aliphatic rings. The first kappa shape index (κ1) is 11.2. The zero-order chi connectivity index (χ0) is 10.6. The van der Waals surface area contributed by atoms with Crippen LogP contribution in [0.15, 0.2) is 12.7 Å². The van der Waals surface area contributed by atoms with Crippen LogP contribution in [0.4, 0.5) is 0 Å². The molecule has 1 aliphatic carbocycles. The predicted molar refractivity (Wildman–Crippen MR) is 63.0 cm³/mol. The van der Waals surface area contributed by atoms with E-state index in [1.807, 2.05) is 6.08 Å². The molecule has 2 nitrogen and oxygen atoms in total. The van der Waals surface area contributed by atoms with E-state index in [9.17, 15) is 0 Å². The van der Waals surface area contributed by atoms with Crippen molar-refractivity contribution in [2.24, 2.45) is 0 Å². The molecule has 0 aromatic rings. The summed E-state index contributed by atoms with van der Waals surface area (Å²) in [6.07, 6.45) is 11.4. The van der Waals surface area contributed by atoms with Crippen molar-refractivity contribution in [2.75, 3.05) is 13.1 Å². The average Bonchev–Trinajstić information content (AvgIpc) is 2.85. The smallest absolute Gasteiger partial charge is 0.0708 e. The van der Waals surface area contributed by atoms with Crippen molar-refractivity contribution < 1.29 is 4.74 Å². The van der Waals surface area contributed by atoms with Crippen LogP contribution in [0.25, 0.3) is 0 Å². The monoisotopic (exact) mass is 209 g/mol. The molecule has 0 aromatic heterocycles. The fraction of sp³-hybridized carbons (Fsp3) is 0.846. The van der Waals surface area contributed by atoms with Crippen LogP contribution in [-0.2, 0) is 4.74 Å². The maximum absolute atomic E-state index is 6.20. The first-order chi connectivity index (χ1) is 7.35. The largest absolute Gasteiger partial charge is 0.370 e. The lowest BCUT2D eigenvalue weighted by Gasteiger charge is -2.23. The zero-order valence-corrected chi connectivity index (χ0v) is 9.63. The van der Waals surface area contributed by atoms with E-state index in [2.05, 4.69) is 11.9 Å². The Morgan fingerprint density at radius 3 is 2.87 bits per heavy atom. The van der Waals surface area contributed by atoms with Crippen molar-refractivity contribution in [3.05, 3.63) is 12.7 Å². The van der Waals surface area contributed by atoms with Gasteiger partial charge in [0.15, 0.2) is 0 Å². The van der Waals surface area contributed by atoms with Crippen molar-refractivity contribution in [1.82, 2.24) is 5.32 Å². The summed E-state index contributed by atoms with van der Waals surface area (Å²) < 4.78 is 6.20. The lowest BCUT2D eigenvalue weighted by molar-refractivity contribution is -0.0349. The van der Waals surface area contributed by atoms with Gasteiger partial charge in [0.25, 0.3) is 0 Å². The van der Waals surface area contributed by atoms with Gasteiger partial charge in [0.2, 0.25) is 0 Å². The van der Waals surface area contributed by atoms with E-state index in [1.54, 1.807) is 0 Å². The minimum atomic E-state index is 0.296. The summed E-state index contributed by atoms with van der Waals surface area (Å²) in [5, 5.41) is 3.44. The van der Waals surface area contributed by atoms with E-state index >= 15 is 0 Å². The first-order valence-electron chi connectivity index (χ1n) is 6.34. The summed E-state index contributed by atoms with van der Waals surface area (Å²) in [6, 6.07) is 0. The van der Waals surface area contributed by atoms with Gasteiger partial charge in [-0.05, 0) is 38.6 Å². The Balaban J connectivity index is 1.66. The summed E-state index contributed by atoms with van der Waals surface area (Å²) in [5.41, 5.74) is 0.296. The fourth-order valence-electron chi connectivity index (χ4n) is 2.89. The van der Waals surface area contributed by atoms with Gasteiger partial charge in [-0.15, -0.1) is 6.58 Å². The Bertz CT molecular complexity index is 209. The topological polar surface area (TPSA) is 21.3 Å². The summed E-state index contributed by atoms with van der Waals surface area (Å²) in [4.78, 5) is 0. The minimum Gasteiger partial charge on any atom is -0.370 e. The van der Waals surface area contributed by atoms with Gasteiger partial charge >= 0.3 is 0 Å². The maximum atomic E-state index is 6.20. The van der Waals surface area contributed by atoms with E-state index in [1.165, 1.54) is 38.5 Å². The van der Waals surface area contributed by atoms with Crippen molar-refractivity contribution in [3.8, 4) is 0 Å². The molecule has 0 aromatic carbocycles. The fourth-order valence-corrected chi connectivity index (χ4v) is 2.89. The molecule has 1 unspecified atom stereocenters. The molecule has 15 heavy (non-hydrogen) atoms. The number of rotatable bonds is 5. The van der Waals surface area contributed by atoms with Gasteiger partial charge in [-0.25, -0.2) is 0 Å².